The highest BCUT2D eigenvalue weighted by molar-refractivity contribution is 5.94. The first-order valence-electron chi connectivity index (χ1n) is 5.80. The van der Waals surface area contributed by atoms with Crippen molar-refractivity contribution in [2.45, 2.75) is 32.0 Å². The van der Waals surface area contributed by atoms with Gasteiger partial charge in [0.1, 0.15) is 0 Å². The van der Waals surface area contributed by atoms with Gasteiger partial charge in [0.05, 0.1) is 5.56 Å². The Bertz CT molecular complexity index is 488. The fourth-order valence-corrected chi connectivity index (χ4v) is 1.55. The normalized spacial score (nSPS) is 12.6. The topological polar surface area (TPSA) is 29.1 Å². The second-order valence-corrected chi connectivity index (χ2v) is 4.07. The molecule has 0 radical (unpaired) electrons. The molecule has 1 aromatic rings. The van der Waals surface area contributed by atoms with Crippen molar-refractivity contribution >= 4 is 5.91 Å². The molecule has 1 rings (SSSR count). The summed E-state index contributed by atoms with van der Waals surface area (Å²) in [7, 11) is 0. The third kappa shape index (κ3) is 4.32. The van der Waals surface area contributed by atoms with E-state index >= 15 is 0 Å². The van der Waals surface area contributed by atoms with Crippen LogP contribution in [0.4, 0.5) is 13.2 Å². The molecule has 0 heterocycles. The van der Waals surface area contributed by atoms with Crippen molar-refractivity contribution in [3.8, 4) is 12.3 Å². The largest absolute Gasteiger partial charge is 0.416 e. The van der Waals surface area contributed by atoms with E-state index in [1.807, 2.05) is 6.92 Å². The molecule has 1 amide bonds. The SMILES string of the molecule is C#CCC(CC)NC(=O)c1cccc(C(F)(F)F)c1. The molecule has 0 fully saturated rings. The van der Waals surface area contributed by atoms with Crippen molar-refractivity contribution < 1.29 is 18.0 Å². The highest BCUT2D eigenvalue weighted by Gasteiger charge is 2.30. The lowest BCUT2D eigenvalue weighted by Crippen LogP contribution is -2.34. The van der Waals surface area contributed by atoms with Gasteiger partial charge in [-0.1, -0.05) is 13.0 Å². The van der Waals surface area contributed by atoms with Gasteiger partial charge in [0.2, 0.25) is 0 Å². The van der Waals surface area contributed by atoms with Crippen LogP contribution in [0.1, 0.15) is 35.7 Å². The molecule has 0 aliphatic rings. The highest BCUT2D eigenvalue weighted by Crippen LogP contribution is 2.29. The van der Waals surface area contributed by atoms with Crippen molar-refractivity contribution in [3.63, 3.8) is 0 Å². The number of carbonyl (C=O) groups excluding carboxylic acids is 1. The second-order valence-electron chi connectivity index (χ2n) is 4.07. The first-order chi connectivity index (χ1) is 8.88. The molecule has 0 aliphatic heterocycles. The number of nitrogens with one attached hydrogen (secondary N) is 1. The molecule has 0 spiro atoms. The summed E-state index contributed by atoms with van der Waals surface area (Å²) in [5, 5.41) is 2.61. The van der Waals surface area contributed by atoms with E-state index in [2.05, 4.69) is 11.2 Å². The Labute approximate surface area is 110 Å². The first kappa shape index (κ1) is 15.1. The number of hydrogen-bond donors (Lipinski definition) is 1. The monoisotopic (exact) mass is 269 g/mol. The van der Waals surface area contributed by atoms with Crippen LogP contribution >= 0.6 is 0 Å². The summed E-state index contributed by atoms with van der Waals surface area (Å²) < 4.78 is 37.6. The van der Waals surface area contributed by atoms with Gasteiger partial charge in [-0.3, -0.25) is 4.79 Å². The summed E-state index contributed by atoms with van der Waals surface area (Å²) in [6, 6.07) is 4.08. The Morgan fingerprint density at radius 3 is 2.68 bits per heavy atom. The zero-order valence-electron chi connectivity index (χ0n) is 10.4. The second kappa shape index (κ2) is 6.28. The van der Waals surface area contributed by atoms with E-state index in [9.17, 15) is 18.0 Å². The van der Waals surface area contributed by atoms with E-state index in [1.165, 1.54) is 12.1 Å². The average Bonchev–Trinajstić information content (AvgIpc) is 2.37. The molecule has 0 saturated carbocycles. The molecule has 2 nitrogen and oxygen atoms in total. The van der Waals surface area contributed by atoms with Crippen molar-refractivity contribution in [2.75, 3.05) is 0 Å². The van der Waals surface area contributed by atoms with Crippen LogP contribution in [0.2, 0.25) is 0 Å². The van der Waals surface area contributed by atoms with Gasteiger partial charge in [-0.15, -0.1) is 12.3 Å². The highest BCUT2D eigenvalue weighted by atomic mass is 19.4. The zero-order valence-corrected chi connectivity index (χ0v) is 10.4. The van der Waals surface area contributed by atoms with Gasteiger partial charge in [0, 0.05) is 18.0 Å². The summed E-state index contributed by atoms with van der Waals surface area (Å²) in [6.07, 6.45) is 1.66. The third-order valence-electron chi connectivity index (χ3n) is 2.64. The van der Waals surface area contributed by atoms with E-state index in [0.717, 1.165) is 12.1 Å². The number of benzene rings is 1. The standard InChI is InChI=1S/C14H14F3NO/c1-3-6-12(4-2)18-13(19)10-7-5-8-11(9-10)14(15,16)17/h1,5,7-9,12H,4,6H2,2H3,(H,18,19). The van der Waals surface area contributed by atoms with E-state index in [1.54, 1.807) is 0 Å². The number of alkyl halides is 3. The maximum absolute atomic E-state index is 12.5. The van der Waals surface area contributed by atoms with Crippen LogP contribution in [0.5, 0.6) is 0 Å². The smallest absolute Gasteiger partial charge is 0.348 e. The third-order valence-corrected chi connectivity index (χ3v) is 2.64. The number of terminal acetylenes is 1. The fraction of sp³-hybridized carbons (Fsp3) is 0.357. The average molecular weight is 269 g/mol. The van der Waals surface area contributed by atoms with Gasteiger partial charge in [-0.2, -0.15) is 13.2 Å². The van der Waals surface area contributed by atoms with Crippen molar-refractivity contribution in [1.29, 1.82) is 0 Å². The molecule has 1 atom stereocenters. The van der Waals surface area contributed by atoms with Crippen LogP contribution < -0.4 is 5.32 Å². The summed E-state index contributed by atoms with van der Waals surface area (Å²) >= 11 is 0. The quantitative estimate of drug-likeness (QED) is 0.835. The van der Waals surface area contributed by atoms with Gasteiger partial charge in [0.15, 0.2) is 0 Å². The maximum Gasteiger partial charge on any atom is 0.416 e. The predicted octanol–water partition coefficient (Wildman–Crippen LogP) is 3.24. The summed E-state index contributed by atoms with van der Waals surface area (Å²) in [5.74, 6) is 1.87. The fourth-order valence-electron chi connectivity index (χ4n) is 1.55. The van der Waals surface area contributed by atoms with E-state index < -0.39 is 17.6 Å². The summed E-state index contributed by atoms with van der Waals surface area (Å²) in [5.41, 5.74) is -0.865. The summed E-state index contributed by atoms with van der Waals surface area (Å²) in [6.45, 7) is 1.84. The molecule has 1 aromatic carbocycles. The molecular formula is C14H14F3NO. The molecule has 0 aliphatic carbocycles. The minimum atomic E-state index is -4.46. The Hall–Kier alpha value is -1.96. The molecule has 102 valence electrons. The van der Waals surface area contributed by atoms with E-state index in [0.29, 0.717) is 12.8 Å². The first-order valence-corrected chi connectivity index (χ1v) is 5.80. The number of amides is 1. The molecule has 19 heavy (non-hydrogen) atoms. The molecule has 0 aromatic heterocycles. The lowest BCUT2D eigenvalue weighted by molar-refractivity contribution is -0.137. The number of rotatable bonds is 4. The molecule has 5 heteroatoms. The van der Waals surface area contributed by atoms with Crippen LogP contribution in [0.3, 0.4) is 0 Å². The van der Waals surface area contributed by atoms with Crippen molar-refractivity contribution in [3.05, 3.63) is 35.4 Å². The van der Waals surface area contributed by atoms with E-state index in [4.69, 9.17) is 6.42 Å². The van der Waals surface area contributed by atoms with Crippen molar-refractivity contribution in [1.82, 2.24) is 5.32 Å². The molecule has 1 unspecified atom stereocenters. The van der Waals surface area contributed by atoms with Crippen LogP contribution in [0, 0.1) is 12.3 Å². The van der Waals surface area contributed by atoms with Crippen LogP contribution in [-0.4, -0.2) is 11.9 Å². The van der Waals surface area contributed by atoms with Gasteiger partial charge >= 0.3 is 6.18 Å². The Kier molecular flexibility index (Phi) is 4.99. The van der Waals surface area contributed by atoms with Crippen LogP contribution in [0.25, 0.3) is 0 Å². The lowest BCUT2D eigenvalue weighted by Gasteiger charge is -2.15. The Morgan fingerprint density at radius 1 is 1.47 bits per heavy atom. The maximum atomic E-state index is 12.5. The Balaban J connectivity index is 2.86. The molecule has 0 bridgehead atoms. The van der Waals surface area contributed by atoms with Gasteiger partial charge in [-0.25, -0.2) is 0 Å². The number of carbonyl (C=O) groups is 1. The Morgan fingerprint density at radius 2 is 2.16 bits per heavy atom. The minimum absolute atomic E-state index is 0.0229. The molecule has 1 N–H and O–H groups in total. The van der Waals surface area contributed by atoms with Gasteiger partial charge < -0.3 is 5.32 Å². The van der Waals surface area contributed by atoms with Gasteiger partial charge in [-0.05, 0) is 24.6 Å². The zero-order chi connectivity index (χ0) is 14.5. The molecular weight excluding hydrogens is 255 g/mol. The minimum Gasteiger partial charge on any atom is -0.348 e. The lowest BCUT2D eigenvalue weighted by atomic mass is 10.1. The van der Waals surface area contributed by atoms with Crippen LogP contribution in [0.15, 0.2) is 24.3 Å². The number of halogens is 3. The predicted molar refractivity (Wildman–Crippen MR) is 66.4 cm³/mol. The van der Waals surface area contributed by atoms with Crippen molar-refractivity contribution in [2.24, 2.45) is 0 Å². The van der Waals surface area contributed by atoms with Crippen LogP contribution in [-0.2, 0) is 6.18 Å². The number of hydrogen-bond acceptors (Lipinski definition) is 1. The van der Waals surface area contributed by atoms with E-state index in [-0.39, 0.29) is 11.6 Å². The summed E-state index contributed by atoms with van der Waals surface area (Å²) in [4.78, 5) is 11.8. The van der Waals surface area contributed by atoms with Gasteiger partial charge in [0.25, 0.3) is 5.91 Å². The molecule has 0 saturated heterocycles.